The van der Waals surface area contributed by atoms with Crippen LogP contribution in [0.4, 0.5) is 4.39 Å². The molecule has 1 aromatic rings. The van der Waals surface area contributed by atoms with Gasteiger partial charge in [-0.2, -0.15) is 4.31 Å². The molecule has 2 aliphatic rings. The predicted molar refractivity (Wildman–Crippen MR) is 107 cm³/mol. The van der Waals surface area contributed by atoms with Crippen molar-refractivity contribution in [3.8, 4) is 0 Å². The summed E-state index contributed by atoms with van der Waals surface area (Å²) >= 11 is 0. The SMILES string of the molecule is CC(C)(C)C1CCC(C(=O)N2CCN(S(=O)(=O)c3ccc(F)cc3)CC2)CC1. The van der Waals surface area contributed by atoms with Gasteiger partial charge in [-0.1, -0.05) is 20.8 Å². The predicted octanol–water partition coefficient (Wildman–Crippen LogP) is 3.51. The summed E-state index contributed by atoms with van der Waals surface area (Å²) in [5.74, 6) is 0.440. The van der Waals surface area contributed by atoms with Crippen molar-refractivity contribution in [1.29, 1.82) is 0 Å². The minimum Gasteiger partial charge on any atom is -0.340 e. The lowest BCUT2D eigenvalue weighted by atomic mass is 9.69. The van der Waals surface area contributed by atoms with Crippen molar-refractivity contribution in [2.45, 2.75) is 51.3 Å². The van der Waals surface area contributed by atoms with Crippen LogP contribution in [0.2, 0.25) is 0 Å². The molecule has 1 heterocycles. The highest BCUT2D eigenvalue weighted by Crippen LogP contribution is 2.40. The maximum atomic E-state index is 13.1. The van der Waals surface area contributed by atoms with Crippen LogP contribution in [0.5, 0.6) is 0 Å². The number of amides is 1. The first-order chi connectivity index (χ1) is 13.1. The first-order valence-electron chi connectivity index (χ1n) is 10.1. The Morgan fingerprint density at radius 2 is 1.50 bits per heavy atom. The van der Waals surface area contributed by atoms with Crippen LogP contribution < -0.4 is 0 Å². The van der Waals surface area contributed by atoms with Gasteiger partial charge in [0, 0.05) is 32.1 Å². The van der Waals surface area contributed by atoms with E-state index in [2.05, 4.69) is 20.8 Å². The molecule has 156 valence electrons. The lowest BCUT2D eigenvalue weighted by Gasteiger charge is -2.39. The van der Waals surface area contributed by atoms with E-state index in [0.717, 1.165) is 37.8 Å². The smallest absolute Gasteiger partial charge is 0.243 e. The quantitative estimate of drug-likeness (QED) is 0.766. The average Bonchev–Trinajstić information content (AvgIpc) is 2.67. The van der Waals surface area contributed by atoms with Crippen LogP contribution in [-0.4, -0.2) is 49.7 Å². The Hall–Kier alpha value is -1.47. The standard InChI is InChI=1S/C21H31FN2O3S/c1-21(2,3)17-6-4-16(5-7-17)20(25)23-12-14-24(15-13-23)28(26,27)19-10-8-18(22)9-11-19/h8-11,16-17H,4-7,12-15H2,1-3H3. The summed E-state index contributed by atoms with van der Waals surface area (Å²) in [5.41, 5.74) is 0.286. The number of hydrogen-bond acceptors (Lipinski definition) is 3. The molecule has 3 rings (SSSR count). The number of piperazine rings is 1. The number of rotatable bonds is 3. The van der Waals surface area contributed by atoms with Gasteiger partial charge in [0.15, 0.2) is 0 Å². The zero-order chi connectivity index (χ0) is 20.5. The van der Waals surface area contributed by atoms with Gasteiger partial charge in [0.2, 0.25) is 15.9 Å². The molecule has 0 atom stereocenters. The first kappa shape index (κ1) is 21.2. The van der Waals surface area contributed by atoms with E-state index in [0.29, 0.717) is 19.0 Å². The number of hydrogen-bond donors (Lipinski definition) is 0. The molecule has 0 aromatic heterocycles. The summed E-state index contributed by atoms with van der Waals surface area (Å²) in [6.45, 7) is 8.18. The third-order valence-corrected chi connectivity index (χ3v) is 8.22. The van der Waals surface area contributed by atoms with Gasteiger partial charge >= 0.3 is 0 Å². The van der Waals surface area contributed by atoms with Crippen LogP contribution in [-0.2, 0) is 14.8 Å². The van der Waals surface area contributed by atoms with Crippen molar-refractivity contribution in [3.05, 3.63) is 30.1 Å². The van der Waals surface area contributed by atoms with Gasteiger partial charge in [0.1, 0.15) is 5.82 Å². The molecule has 7 heteroatoms. The van der Waals surface area contributed by atoms with Gasteiger partial charge in [-0.15, -0.1) is 0 Å². The van der Waals surface area contributed by atoms with Crippen LogP contribution in [0.3, 0.4) is 0 Å². The van der Waals surface area contributed by atoms with Crippen LogP contribution in [0.1, 0.15) is 46.5 Å². The van der Waals surface area contributed by atoms with Crippen molar-refractivity contribution in [3.63, 3.8) is 0 Å². The van der Waals surface area contributed by atoms with Crippen molar-refractivity contribution < 1.29 is 17.6 Å². The van der Waals surface area contributed by atoms with E-state index in [1.165, 1.54) is 16.4 Å². The Morgan fingerprint density at radius 3 is 2.00 bits per heavy atom. The van der Waals surface area contributed by atoms with Crippen molar-refractivity contribution in [2.24, 2.45) is 17.3 Å². The molecule has 1 aliphatic carbocycles. The molecule has 28 heavy (non-hydrogen) atoms. The molecular weight excluding hydrogens is 379 g/mol. The molecule has 1 aromatic carbocycles. The molecule has 1 amide bonds. The summed E-state index contributed by atoms with van der Waals surface area (Å²) in [6, 6.07) is 4.88. The monoisotopic (exact) mass is 410 g/mol. The summed E-state index contributed by atoms with van der Waals surface area (Å²) in [6.07, 6.45) is 4.02. The minimum atomic E-state index is -3.65. The van der Waals surface area contributed by atoms with Gasteiger partial charge in [-0.3, -0.25) is 4.79 Å². The Kier molecular flexibility index (Phi) is 6.15. The molecule has 5 nitrogen and oxygen atoms in total. The second-order valence-corrected chi connectivity index (χ2v) is 11.0. The van der Waals surface area contributed by atoms with Gasteiger partial charge in [-0.25, -0.2) is 12.8 Å². The fourth-order valence-corrected chi connectivity index (χ4v) is 5.79. The molecule has 0 unspecified atom stereocenters. The fraction of sp³-hybridized carbons (Fsp3) is 0.667. The number of sulfonamides is 1. The fourth-order valence-electron chi connectivity index (χ4n) is 4.37. The Bertz CT molecular complexity index is 786. The lowest BCUT2D eigenvalue weighted by Crippen LogP contribution is -2.52. The molecule has 0 bridgehead atoms. The molecule has 1 saturated carbocycles. The van der Waals surface area contributed by atoms with Crippen molar-refractivity contribution >= 4 is 15.9 Å². The molecule has 0 N–H and O–H groups in total. The van der Waals surface area contributed by atoms with Crippen LogP contribution in [0.15, 0.2) is 29.2 Å². The van der Waals surface area contributed by atoms with Crippen molar-refractivity contribution in [2.75, 3.05) is 26.2 Å². The van der Waals surface area contributed by atoms with Gasteiger partial charge in [0.25, 0.3) is 0 Å². The van der Waals surface area contributed by atoms with E-state index in [4.69, 9.17) is 0 Å². The molecule has 1 aliphatic heterocycles. The van der Waals surface area contributed by atoms with E-state index >= 15 is 0 Å². The largest absolute Gasteiger partial charge is 0.340 e. The third-order valence-electron chi connectivity index (χ3n) is 6.30. The zero-order valence-electron chi connectivity index (χ0n) is 17.0. The highest BCUT2D eigenvalue weighted by Gasteiger charge is 2.36. The molecule has 0 radical (unpaired) electrons. The number of benzene rings is 1. The third kappa shape index (κ3) is 4.57. The summed E-state index contributed by atoms with van der Waals surface area (Å²) in [7, 11) is -3.65. The number of halogens is 1. The Labute approximate surface area is 168 Å². The lowest BCUT2D eigenvalue weighted by molar-refractivity contribution is -0.138. The molecular formula is C21H31FN2O3S. The maximum Gasteiger partial charge on any atom is 0.243 e. The van der Waals surface area contributed by atoms with Gasteiger partial charge < -0.3 is 4.90 Å². The van der Waals surface area contributed by atoms with Crippen molar-refractivity contribution in [1.82, 2.24) is 9.21 Å². The maximum absolute atomic E-state index is 13.1. The Morgan fingerprint density at radius 1 is 0.964 bits per heavy atom. The zero-order valence-corrected chi connectivity index (χ0v) is 17.8. The normalized spacial score (nSPS) is 24.9. The molecule has 1 saturated heterocycles. The summed E-state index contributed by atoms with van der Waals surface area (Å²) in [4.78, 5) is 14.8. The molecule has 2 fully saturated rings. The average molecular weight is 411 g/mol. The second kappa shape index (κ2) is 8.11. The number of carbonyl (C=O) groups is 1. The second-order valence-electron chi connectivity index (χ2n) is 9.10. The van der Waals surface area contributed by atoms with Gasteiger partial charge in [-0.05, 0) is 61.3 Å². The van der Waals surface area contributed by atoms with E-state index < -0.39 is 15.8 Å². The van der Waals surface area contributed by atoms with Crippen LogP contribution in [0.25, 0.3) is 0 Å². The van der Waals surface area contributed by atoms with E-state index in [-0.39, 0.29) is 35.2 Å². The van der Waals surface area contributed by atoms with Gasteiger partial charge in [0.05, 0.1) is 4.90 Å². The highest BCUT2D eigenvalue weighted by atomic mass is 32.2. The number of carbonyl (C=O) groups excluding carboxylic acids is 1. The topological polar surface area (TPSA) is 57.7 Å². The van der Waals surface area contributed by atoms with Crippen LogP contribution in [0, 0.1) is 23.1 Å². The van der Waals surface area contributed by atoms with Crippen LogP contribution >= 0.6 is 0 Å². The minimum absolute atomic E-state index is 0.0684. The Balaban J connectivity index is 1.55. The van der Waals surface area contributed by atoms with E-state index in [9.17, 15) is 17.6 Å². The van der Waals surface area contributed by atoms with E-state index in [1.54, 1.807) is 0 Å². The summed E-state index contributed by atoms with van der Waals surface area (Å²) in [5, 5.41) is 0. The molecule has 0 spiro atoms. The van der Waals surface area contributed by atoms with E-state index in [1.807, 2.05) is 4.90 Å². The number of nitrogens with zero attached hydrogens (tertiary/aromatic N) is 2. The summed E-state index contributed by atoms with van der Waals surface area (Å²) < 4.78 is 39.9. The highest BCUT2D eigenvalue weighted by molar-refractivity contribution is 7.89. The first-order valence-corrected chi connectivity index (χ1v) is 11.6.